The molecule has 2 rings (SSSR count). The Morgan fingerprint density at radius 3 is 2.90 bits per heavy atom. The first-order chi connectivity index (χ1) is 9.63. The summed E-state index contributed by atoms with van der Waals surface area (Å²) in [5.41, 5.74) is 2.40. The molecule has 2 atom stereocenters. The van der Waals surface area contributed by atoms with Gasteiger partial charge in [0.1, 0.15) is 5.75 Å². The predicted molar refractivity (Wildman–Crippen MR) is 84.3 cm³/mol. The van der Waals surface area contributed by atoms with Crippen LogP contribution in [-0.2, 0) is 0 Å². The van der Waals surface area contributed by atoms with Gasteiger partial charge >= 0.3 is 0 Å². The average molecular weight is 276 g/mol. The molecule has 0 unspecified atom stereocenters. The van der Waals surface area contributed by atoms with Gasteiger partial charge in [0.25, 0.3) is 0 Å². The van der Waals surface area contributed by atoms with Gasteiger partial charge < -0.3 is 15.3 Å². The Hall–Kier alpha value is -1.06. The van der Waals surface area contributed by atoms with E-state index in [1.807, 2.05) is 20.0 Å². The average Bonchev–Trinajstić information content (AvgIpc) is 2.43. The van der Waals surface area contributed by atoms with Crippen molar-refractivity contribution in [1.82, 2.24) is 10.2 Å². The number of benzene rings is 1. The van der Waals surface area contributed by atoms with Crippen molar-refractivity contribution in [1.29, 1.82) is 0 Å². The smallest absolute Gasteiger partial charge is 0.118 e. The number of likely N-dealkylation sites (tertiary alicyclic amines) is 1. The number of nitrogens with one attached hydrogen (secondary N) is 1. The number of phenols is 1. The van der Waals surface area contributed by atoms with Gasteiger partial charge in [-0.3, -0.25) is 0 Å². The third kappa shape index (κ3) is 3.53. The fourth-order valence-electron chi connectivity index (χ4n) is 3.42. The third-order valence-electron chi connectivity index (χ3n) is 4.64. The minimum atomic E-state index is 0.436. The summed E-state index contributed by atoms with van der Waals surface area (Å²) in [4.78, 5) is 2.58. The molecule has 1 aliphatic heterocycles. The maximum atomic E-state index is 9.89. The Morgan fingerprint density at radius 1 is 1.40 bits per heavy atom. The van der Waals surface area contributed by atoms with Gasteiger partial charge in [-0.25, -0.2) is 0 Å². The van der Waals surface area contributed by atoms with Crippen LogP contribution in [-0.4, -0.2) is 43.2 Å². The highest BCUT2D eigenvalue weighted by molar-refractivity contribution is 5.40. The molecule has 0 aliphatic carbocycles. The molecule has 3 nitrogen and oxygen atoms in total. The first kappa shape index (κ1) is 15.3. The lowest BCUT2D eigenvalue weighted by atomic mass is 9.79. The molecule has 1 fully saturated rings. The molecule has 3 heteroatoms. The lowest BCUT2D eigenvalue weighted by Gasteiger charge is -2.38. The molecular weight excluding hydrogens is 248 g/mol. The zero-order chi connectivity index (χ0) is 14.5. The monoisotopic (exact) mass is 276 g/mol. The lowest BCUT2D eigenvalue weighted by molar-refractivity contribution is 0.161. The Balaban J connectivity index is 1.97. The van der Waals surface area contributed by atoms with Crippen molar-refractivity contribution in [2.24, 2.45) is 5.92 Å². The summed E-state index contributed by atoms with van der Waals surface area (Å²) in [7, 11) is 2.01. The maximum absolute atomic E-state index is 9.89. The van der Waals surface area contributed by atoms with Crippen LogP contribution in [0.1, 0.15) is 36.8 Å². The molecule has 0 saturated carbocycles. The van der Waals surface area contributed by atoms with Gasteiger partial charge in [0.05, 0.1) is 0 Å². The normalized spacial score (nSPS) is 23.9. The Bertz CT molecular complexity index is 433. The first-order valence-electron chi connectivity index (χ1n) is 7.79. The first-order valence-corrected chi connectivity index (χ1v) is 7.79. The molecule has 1 heterocycles. The Labute approximate surface area is 123 Å². The van der Waals surface area contributed by atoms with E-state index in [-0.39, 0.29) is 0 Å². The van der Waals surface area contributed by atoms with Crippen LogP contribution in [0.5, 0.6) is 5.75 Å². The second kappa shape index (κ2) is 7.09. The molecule has 20 heavy (non-hydrogen) atoms. The third-order valence-corrected chi connectivity index (χ3v) is 4.64. The molecule has 0 radical (unpaired) electrons. The van der Waals surface area contributed by atoms with E-state index in [0.29, 0.717) is 17.6 Å². The van der Waals surface area contributed by atoms with E-state index in [4.69, 9.17) is 0 Å². The van der Waals surface area contributed by atoms with E-state index >= 15 is 0 Å². The number of aromatic hydroxyl groups is 1. The highest BCUT2D eigenvalue weighted by atomic mass is 16.3. The zero-order valence-electron chi connectivity index (χ0n) is 13.0. The summed E-state index contributed by atoms with van der Waals surface area (Å²) in [6.07, 6.45) is 2.42. The molecule has 1 aliphatic rings. The summed E-state index contributed by atoms with van der Waals surface area (Å²) >= 11 is 0. The van der Waals surface area contributed by atoms with Gasteiger partial charge in [-0.1, -0.05) is 19.1 Å². The van der Waals surface area contributed by atoms with Crippen LogP contribution in [0.3, 0.4) is 0 Å². The molecule has 0 spiro atoms. The van der Waals surface area contributed by atoms with Crippen LogP contribution in [0.2, 0.25) is 0 Å². The molecule has 1 aromatic rings. The van der Waals surface area contributed by atoms with E-state index in [0.717, 1.165) is 12.1 Å². The second-order valence-corrected chi connectivity index (χ2v) is 6.12. The lowest BCUT2D eigenvalue weighted by Crippen LogP contribution is -2.39. The van der Waals surface area contributed by atoms with E-state index in [9.17, 15) is 5.11 Å². The van der Waals surface area contributed by atoms with Crippen molar-refractivity contribution in [3.63, 3.8) is 0 Å². The summed E-state index contributed by atoms with van der Waals surface area (Å²) in [6.45, 7) is 9.02. The van der Waals surface area contributed by atoms with Crippen molar-refractivity contribution in [3.05, 3.63) is 29.3 Å². The molecule has 1 aromatic carbocycles. The number of nitrogens with zero attached hydrogens (tertiary/aromatic N) is 1. The largest absolute Gasteiger partial charge is 0.508 e. The SMILES string of the molecule is CNCCCN1CC[C@@H](c2cccc(O)c2C)[C@@H](C)C1. The predicted octanol–water partition coefficient (Wildman–Crippen LogP) is 2.74. The van der Waals surface area contributed by atoms with Crippen LogP contribution in [0.4, 0.5) is 0 Å². The molecule has 0 aromatic heterocycles. The Kier molecular flexibility index (Phi) is 5.44. The van der Waals surface area contributed by atoms with Crippen molar-refractivity contribution in [3.8, 4) is 5.75 Å². The summed E-state index contributed by atoms with van der Waals surface area (Å²) in [5.74, 6) is 1.67. The van der Waals surface area contributed by atoms with Gasteiger partial charge in [-0.05, 0) is 75.5 Å². The highest BCUT2D eigenvalue weighted by Crippen LogP contribution is 2.36. The fourth-order valence-corrected chi connectivity index (χ4v) is 3.42. The van der Waals surface area contributed by atoms with Gasteiger partial charge in [0.15, 0.2) is 0 Å². The fraction of sp³-hybridized carbons (Fsp3) is 0.647. The second-order valence-electron chi connectivity index (χ2n) is 6.12. The molecule has 0 amide bonds. The van der Waals surface area contributed by atoms with E-state index in [2.05, 4.69) is 23.2 Å². The van der Waals surface area contributed by atoms with Crippen LogP contribution in [0.25, 0.3) is 0 Å². The summed E-state index contributed by atoms with van der Waals surface area (Å²) < 4.78 is 0. The van der Waals surface area contributed by atoms with Crippen LogP contribution < -0.4 is 5.32 Å². The van der Waals surface area contributed by atoms with E-state index in [1.165, 1.54) is 38.0 Å². The van der Waals surface area contributed by atoms with Gasteiger partial charge in [0, 0.05) is 6.54 Å². The van der Waals surface area contributed by atoms with Crippen LogP contribution in [0.15, 0.2) is 18.2 Å². The maximum Gasteiger partial charge on any atom is 0.118 e. The number of piperidine rings is 1. The minimum Gasteiger partial charge on any atom is -0.508 e. The van der Waals surface area contributed by atoms with Gasteiger partial charge in [-0.2, -0.15) is 0 Å². The van der Waals surface area contributed by atoms with Gasteiger partial charge in [0.2, 0.25) is 0 Å². The Morgan fingerprint density at radius 2 is 2.20 bits per heavy atom. The molecule has 112 valence electrons. The number of phenolic OH excluding ortho intramolecular Hbond substituents is 1. The summed E-state index contributed by atoms with van der Waals surface area (Å²) in [5, 5.41) is 13.1. The van der Waals surface area contributed by atoms with Crippen molar-refractivity contribution < 1.29 is 5.11 Å². The van der Waals surface area contributed by atoms with Crippen LogP contribution >= 0.6 is 0 Å². The highest BCUT2D eigenvalue weighted by Gasteiger charge is 2.28. The van der Waals surface area contributed by atoms with Crippen molar-refractivity contribution in [2.45, 2.75) is 32.6 Å². The molecular formula is C17H28N2O. The number of hydrogen-bond donors (Lipinski definition) is 2. The topological polar surface area (TPSA) is 35.5 Å². The number of rotatable bonds is 5. The molecule has 1 saturated heterocycles. The van der Waals surface area contributed by atoms with Crippen LogP contribution in [0, 0.1) is 12.8 Å². The quantitative estimate of drug-likeness (QED) is 0.812. The molecule has 0 bridgehead atoms. The van der Waals surface area contributed by atoms with E-state index in [1.54, 1.807) is 6.07 Å². The van der Waals surface area contributed by atoms with Gasteiger partial charge in [-0.15, -0.1) is 0 Å². The van der Waals surface area contributed by atoms with E-state index < -0.39 is 0 Å². The zero-order valence-corrected chi connectivity index (χ0v) is 13.0. The summed E-state index contributed by atoms with van der Waals surface area (Å²) in [6, 6.07) is 5.95. The molecule has 2 N–H and O–H groups in total. The van der Waals surface area contributed by atoms with Crippen molar-refractivity contribution in [2.75, 3.05) is 33.2 Å². The van der Waals surface area contributed by atoms with Crippen molar-refractivity contribution >= 4 is 0 Å². The standard InChI is InChI=1S/C17H28N2O/c1-13-12-19(10-5-9-18-3)11-8-15(13)16-6-4-7-17(20)14(16)2/h4,6-7,13,15,18,20H,5,8-12H2,1-3H3/t13-,15+/m0/s1. The number of hydrogen-bond acceptors (Lipinski definition) is 3. The minimum absolute atomic E-state index is 0.436.